The summed E-state index contributed by atoms with van der Waals surface area (Å²) in [5.74, 6) is 0. The van der Waals surface area contributed by atoms with Gasteiger partial charge in [-0.3, -0.25) is 14.1 Å². The summed E-state index contributed by atoms with van der Waals surface area (Å²) in [5, 5.41) is 8.85. The number of halogens is 1. The minimum atomic E-state index is -3.72. The molecule has 0 saturated carbocycles. The topological polar surface area (TPSA) is 81.8 Å². The maximum absolute atomic E-state index is 12.7. The van der Waals surface area contributed by atoms with Gasteiger partial charge < -0.3 is 0 Å². The summed E-state index contributed by atoms with van der Waals surface area (Å²) in [6, 6.07) is 7.17. The van der Waals surface area contributed by atoms with Crippen molar-refractivity contribution >= 4 is 27.3 Å². The van der Waals surface area contributed by atoms with Crippen LogP contribution in [0.5, 0.6) is 0 Å². The molecule has 0 amide bonds. The lowest BCUT2D eigenvalue weighted by molar-refractivity contribution is 0.599. The Hall–Kier alpha value is -2.32. The summed E-state index contributed by atoms with van der Waals surface area (Å²) >= 11 is 5.86. The summed E-state index contributed by atoms with van der Waals surface area (Å²) in [4.78, 5) is 0.208. The van der Waals surface area contributed by atoms with Crippen molar-refractivity contribution in [3.8, 4) is 0 Å². The predicted octanol–water partition coefficient (Wildman–Crippen LogP) is 2.74. The van der Waals surface area contributed by atoms with Gasteiger partial charge in [-0.15, -0.1) is 0 Å². The molecule has 0 bridgehead atoms. The molecule has 2 heterocycles. The molecular weight excluding hydrogens is 362 g/mol. The first-order valence-corrected chi connectivity index (χ1v) is 9.42. The van der Waals surface area contributed by atoms with E-state index in [4.69, 9.17) is 11.6 Å². The lowest BCUT2D eigenvalue weighted by Gasteiger charge is -2.10. The van der Waals surface area contributed by atoms with Crippen molar-refractivity contribution in [2.24, 2.45) is 7.05 Å². The third kappa shape index (κ3) is 3.69. The largest absolute Gasteiger partial charge is 0.280 e. The lowest BCUT2D eigenvalue weighted by Crippen LogP contribution is -2.15. The Balaban J connectivity index is 1.86. The van der Waals surface area contributed by atoms with Crippen molar-refractivity contribution in [2.75, 3.05) is 4.72 Å². The number of anilines is 1. The molecule has 7 nitrogen and oxygen atoms in total. The Morgan fingerprint density at radius 3 is 2.64 bits per heavy atom. The Bertz CT molecular complexity index is 1020. The summed E-state index contributed by atoms with van der Waals surface area (Å²) in [5.41, 5.74) is 2.44. The molecular formula is C16H18ClN5O2S. The van der Waals surface area contributed by atoms with Gasteiger partial charge in [-0.25, -0.2) is 8.42 Å². The highest BCUT2D eigenvalue weighted by molar-refractivity contribution is 7.92. The third-order valence-electron chi connectivity index (χ3n) is 3.84. The fraction of sp³-hybridized carbons (Fsp3) is 0.250. The van der Waals surface area contributed by atoms with Crippen molar-refractivity contribution < 1.29 is 8.42 Å². The molecule has 3 aromatic rings. The normalized spacial score (nSPS) is 11.7. The van der Waals surface area contributed by atoms with Crippen molar-refractivity contribution in [1.29, 1.82) is 0 Å². The molecule has 25 heavy (non-hydrogen) atoms. The summed E-state index contributed by atoms with van der Waals surface area (Å²) in [7, 11) is -2.00. The number of rotatable bonds is 5. The van der Waals surface area contributed by atoms with Crippen LogP contribution in [0.2, 0.25) is 5.02 Å². The molecule has 9 heteroatoms. The quantitative estimate of drug-likeness (QED) is 0.739. The van der Waals surface area contributed by atoms with Gasteiger partial charge in [0.1, 0.15) is 4.90 Å². The molecule has 2 aromatic heterocycles. The van der Waals surface area contributed by atoms with Crippen LogP contribution < -0.4 is 4.72 Å². The summed E-state index contributed by atoms with van der Waals surface area (Å²) in [6.07, 6.45) is 3.27. The van der Waals surface area contributed by atoms with Gasteiger partial charge in [0.15, 0.2) is 0 Å². The molecule has 0 aliphatic rings. The molecule has 0 aliphatic carbocycles. The maximum atomic E-state index is 12.7. The van der Waals surface area contributed by atoms with E-state index in [0.717, 1.165) is 5.56 Å². The summed E-state index contributed by atoms with van der Waals surface area (Å²) in [6.45, 7) is 3.90. The fourth-order valence-corrected chi connectivity index (χ4v) is 4.34. The molecule has 0 fully saturated rings. The second-order valence-electron chi connectivity index (χ2n) is 5.79. The first kappa shape index (κ1) is 17.5. The van der Waals surface area contributed by atoms with Crippen LogP contribution in [0.15, 0.2) is 41.6 Å². The lowest BCUT2D eigenvalue weighted by atomic mass is 10.2. The van der Waals surface area contributed by atoms with Gasteiger partial charge in [0, 0.05) is 18.9 Å². The number of nitrogens with zero attached hydrogens (tertiary/aromatic N) is 4. The molecule has 0 spiro atoms. The van der Waals surface area contributed by atoms with E-state index in [9.17, 15) is 8.42 Å². The number of aryl methyl sites for hydroxylation is 2. The number of nitrogens with one attached hydrogen (secondary N) is 1. The minimum Gasteiger partial charge on any atom is -0.280 e. The van der Waals surface area contributed by atoms with Crippen molar-refractivity contribution in [3.05, 3.63) is 58.6 Å². The van der Waals surface area contributed by atoms with Gasteiger partial charge in [0.25, 0.3) is 10.0 Å². The number of sulfonamides is 1. The highest BCUT2D eigenvalue weighted by atomic mass is 35.5. The molecule has 0 atom stereocenters. The number of hydrogen-bond donors (Lipinski definition) is 1. The second kappa shape index (κ2) is 6.53. The molecule has 1 aromatic carbocycles. The van der Waals surface area contributed by atoms with Crippen molar-refractivity contribution in [2.45, 2.75) is 25.3 Å². The number of aromatic nitrogens is 4. The second-order valence-corrected chi connectivity index (χ2v) is 7.84. The van der Waals surface area contributed by atoms with E-state index in [1.54, 1.807) is 60.9 Å². The van der Waals surface area contributed by atoms with Crippen molar-refractivity contribution in [3.63, 3.8) is 0 Å². The molecule has 132 valence electrons. The molecule has 0 radical (unpaired) electrons. The number of benzene rings is 1. The number of hydrogen-bond acceptors (Lipinski definition) is 4. The predicted molar refractivity (Wildman–Crippen MR) is 96.3 cm³/mol. The first-order chi connectivity index (χ1) is 11.8. The Labute approximate surface area is 151 Å². The van der Waals surface area contributed by atoms with Crippen LogP contribution in [0.4, 0.5) is 5.69 Å². The van der Waals surface area contributed by atoms with E-state index in [2.05, 4.69) is 14.9 Å². The SMILES string of the molecule is Cc1nn(C)c(C)c1S(=O)(=O)Nc1cccc(Cn2cc(Cl)cn2)c1. The van der Waals surface area contributed by atoms with Gasteiger partial charge in [-0.2, -0.15) is 10.2 Å². The smallest absolute Gasteiger partial charge is 0.265 e. The fourth-order valence-electron chi connectivity index (χ4n) is 2.69. The van der Waals surface area contributed by atoms with Crippen LogP contribution >= 0.6 is 11.6 Å². The van der Waals surface area contributed by atoms with E-state index in [1.165, 1.54) is 0 Å². The van der Waals surface area contributed by atoms with Crippen LogP contribution in [0, 0.1) is 13.8 Å². The Morgan fingerprint density at radius 2 is 2.04 bits per heavy atom. The summed E-state index contributed by atoms with van der Waals surface area (Å²) < 4.78 is 31.3. The van der Waals surface area contributed by atoms with Crippen LogP contribution in [-0.2, 0) is 23.6 Å². The third-order valence-corrected chi connectivity index (χ3v) is 5.66. The zero-order valence-electron chi connectivity index (χ0n) is 14.1. The maximum Gasteiger partial charge on any atom is 0.265 e. The van der Waals surface area contributed by atoms with Gasteiger partial charge >= 0.3 is 0 Å². The van der Waals surface area contributed by atoms with E-state index in [1.807, 2.05) is 6.07 Å². The van der Waals surface area contributed by atoms with E-state index >= 15 is 0 Å². The Morgan fingerprint density at radius 1 is 1.28 bits per heavy atom. The van der Waals surface area contributed by atoms with Gasteiger partial charge in [-0.1, -0.05) is 23.7 Å². The highest BCUT2D eigenvalue weighted by Crippen LogP contribution is 2.23. The van der Waals surface area contributed by atoms with Crippen LogP contribution in [-0.4, -0.2) is 28.0 Å². The van der Waals surface area contributed by atoms with Gasteiger partial charge in [0.2, 0.25) is 0 Å². The van der Waals surface area contributed by atoms with Crippen LogP contribution in [0.25, 0.3) is 0 Å². The Kier molecular flexibility index (Phi) is 4.57. The zero-order valence-corrected chi connectivity index (χ0v) is 15.6. The molecule has 1 N–H and O–H groups in total. The van der Waals surface area contributed by atoms with E-state index in [-0.39, 0.29) is 4.90 Å². The average molecular weight is 380 g/mol. The van der Waals surface area contributed by atoms with Crippen LogP contribution in [0.3, 0.4) is 0 Å². The zero-order chi connectivity index (χ0) is 18.2. The molecule has 0 aliphatic heterocycles. The molecule has 0 unspecified atom stereocenters. The van der Waals surface area contributed by atoms with Gasteiger partial charge in [-0.05, 0) is 31.5 Å². The van der Waals surface area contributed by atoms with Gasteiger partial charge in [0.05, 0.1) is 29.2 Å². The molecule has 3 rings (SSSR count). The average Bonchev–Trinajstić information content (AvgIpc) is 3.02. The van der Waals surface area contributed by atoms with Crippen LogP contribution in [0.1, 0.15) is 17.0 Å². The monoisotopic (exact) mass is 379 g/mol. The highest BCUT2D eigenvalue weighted by Gasteiger charge is 2.23. The van der Waals surface area contributed by atoms with E-state index in [0.29, 0.717) is 28.6 Å². The first-order valence-electron chi connectivity index (χ1n) is 7.56. The van der Waals surface area contributed by atoms with Crippen molar-refractivity contribution in [1.82, 2.24) is 19.6 Å². The van der Waals surface area contributed by atoms with E-state index < -0.39 is 10.0 Å². The molecule has 0 saturated heterocycles. The minimum absolute atomic E-state index is 0.208. The standard InChI is InChI=1S/C16H18ClN5O2S/c1-11-16(12(2)21(3)19-11)25(23,24)20-15-6-4-5-13(7-15)9-22-10-14(17)8-18-22/h4-8,10,20H,9H2,1-3H3.